The lowest BCUT2D eigenvalue weighted by Gasteiger charge is -2.49. The Bertz CT molecular complexity index is 1480. The smallest absolute Gasteiger partial charge is 0.285 e. The Hall–Kier alpha value is -2.90. The van der Waals surface area contributed by atoms with Gasteiger partial charge in [-0.25, -0.2) is 12.7 Å². The summed E-state index contributed by atoms with van der Waals surface area (Å²) in [5.74, 6) is -0.523. The molecule has 2 heterocycles. The van der Waals surface area contributed by atoms with E-state index in [1.807, 2.05) is 73.0 Å². The topological polar surface area (TPSA) is 59.4 Å². The third kappa shape index (κ3) is 3.33. The van der Waals surface area contributed by atoms with E-state index in [2.05, 4.69) is 15.9 Å². The number of hydrogen-bond acceptors (Lipinski definition) is 3. The van der Waals surface area contributed by atoms with Gasteiger partial charge in [0.05, 0.1) is 11.4 Å². The fraction of sp³-hybridized carbons (Fsp3) is 0.222. The first-order valence-corrected chi connectivity index (χ1v) is 13.6. The van der Waals surface area contributed by atoms with Crippen LogP contribution in [0.1, 0.15) is 35.0 Å². The molecule has 1 aromatic heterocycles. The van der Waals surface area contributed by atoms with Gasteiger partial charge in [-0.05, 0) is 43.2 Å². The zero-order valence-corrected chi connectivity index (χ0v) is 21.4. The Balaban J connectivity index is 1.85. The minimum atomic E-state index is -4.18. The summed E-state index contributed by atoms with van der Waals surface area (Å²) in [5.41, 5.74) is 1.84. The number of sulfonamides is 1. The Labute approximate surface area is 208 Å². The molecule has 1 amide bonds. The van der Waals surface area contributed by atoms with E-state index in [1.54, 1.807) is 30.3 Å². The maximum atomic E-state index is 14.2. The number of para-hydroxylation sites is 1. The fourth-order valence-corrected chi connectivity index (χ4v) is 7.44. The summed E-state index contributed by atoms with van der Waals surface area (Å²) in [7, 11) is -4.18. The summed E-state index contributed by atoms with van der Waals surface area (Å²) >= 11 is 3.81. The number of nitrogens with zero attached hydrogens (tertiary/aromatic N) is 2. The highest BCUT2D eigenvalue weighted by Gasteiger charge is 2.56. The van der Waals surface area contributed by atoms with Crippen LogP contribution in [0, 0.1) is 6.92 Å². The van der Waals surface area contributed by atoms with Crippen LogP contribution < -0.4 is 0 Å². The number of aryl methyl sites for hydroxylation is 1. The molecule has 7 heteroatoms. The SMILES string of the molecule is CC[C@H](Br)[C@@]1(c2ccccc2)Cn2c(cc3ccccc32)C(=O)N1S(=O)(=O)c1ccc(C)cc1. The minimum Gasteiger partial charge on any atom is -0.334 e. The van der Waals surface area contributed by atoms with Crippen molar-refractivity contribution in [2.75, 3.05) is 0 Å². The van der Waals surface area contributed by atoms with Crippen LogP contribution in [0.25, 0.3) is 10.9 Å². The molecule has 5 nitrogen and oxygen atoms in total. The molecule has 0 radical (unpaired) electrons. The Morgan fingerprint density at radius 3 is 2.29 bits per heavy atom. The lowest BCUT2D eigenvalue weighted by atomic mass is 9.83. The Morgan fingerprint density at radius 1 is 0.971 bits per heavy atom. The summed E-state index contributed by atoms with van der Waals surface area (Å²) in [5, 5.41) is 0.907. The predicted molar refractivity (Wildman–Crippen MR) is 138 cm³/mol. The summed E-state index contributed by atoms with van der Waals surface area (Å²) in [4.78, 5) is 14.0. The second-order valence-electron chi connectivity index (χ2n) is 8.73. The number of rotatable bonds is 5. The van der Waals surface area contributed by atoms with Gasteiger partial charge in [-0.3, -0.25) is 4.79 Å². The van der Waals surface area contributed by atoms with Crippen molar-refractivity contribution in [2.45, 2.75) is 42.1 Å². The largest absolute Gasteiger partial charge is 0.334 e. The van der Waals surface area contributed by atoms with E-state index in [-0.39, 0.29) is 9.72 Å². The molecule has 2 atom stereocenters. The van der Waals surface area contributed by atoms with Gasteiger partial charge in [-0.1, -0.05) is 89.1 Å². The average Bonchev–Trinajstić information content (AvgIpc) is 3.23. The van der Waals surface area contributed by atoms with Crippen molar-refractivity contribution in [2.24, 2.45) is 0 Å². The fourth-order valence-electron chi connectivity index (χ4n) is 4.97. The molecule has 1 aliphatic heterocycles. The average molecular weight is 537 g/mol. The van der Waals surface area contributed by atoms with Crippen LogP contribution in [0.3, 0.4) is 0 Å². The first kappa shape index (κ1) is 22.9. The van der Waals surface area contributed by atoms with Crippen molar-refractivity contribution < 1.29 is 13.2 Å². The number of aromatic nitrogens is 1. The molecule has 0 unspecified atom stereocenters. The van der Waals surface area contributed by atoms with E-state index in [0.29, 0.717) is 18.7 Å². The van der Waals surface area contributed by atoms with Crippen LogP contribution >= 0.6 is 15.9 Å². The van der Waals surface area contributed by atoms with Crippen molar-refractivity contribution in [1.29, 1.82) is 0 Å². The van der Waals surface area contributed by atoms with Crippen molar-refractivity contribution in [3.63, 3.8) is 0 Å². The summed E-state index contributed by atoms with van der Waals surface area (Å²) < 4.78 is 31.5. The zero-order chi connectivity index (χ0) is 24.1. The number of benzene rings is 3. The van der Waals surface area contributed by atoms with E-state index >= 15 is 0 Å². The van der Waals surface area contributed by atoms with E-state index < -0.39 is 21.5 Å². The van der Waals surface area contributed by atoms with E-state index in [0.717, 1.165) is 26.3 Å². The van der Waals surface area contributed by atoms with Crippen LogP contribution in [0.15, 0.2) is 89.8 Å². The normalized spacial score (nSPS) is 19.3. The van der Waals surface area contributed by atoms with Gasteiger partial charge in [0.1, 0.15) is 11.2 Å². The molecule has 174 valence electrons. The van der Waals surface area contributed by atoms with Crippen LogP contribution in [0.5, 0.6) is 0 Å². The van der Waals surface area contributed by atoms with Gasteiger partial charge in [0.15, 0.2) is 0 Å². The van der Waals surface area contributed by atoms with Crippen molar-refractivity contribution in [1.82, 2.24) is 8.87 Å². The number of alkyl halides is 1. The maximum Gasteiger partial charge on any atom is 0.285 e. The number of carbonyl (C=O) groups is 1. The minimum absolute atomic E-state index is 0.104. The van der Waals surface area contributed by atoms with Gasteiger partial charge in [0, 0.05) is 15.7 Å². The van der Waals surface area contributed by atoms with Gasteiger partial charge < -0.3 is 4.57 Å². The molecule has 0 saturated carbocycles. The number of amides is 1. The van der Waals surface area contributed by atoms with Crippen LogP contribution in [-0.4, -0.2) is 28.0 Å². The lowest BCUT2D eigenvalue weighted by molar-refractivity contribution is 0.0590. The monoisotopic (exact) mass is 536 g/mol. The molecule has 3 aromatic carbocycles. The van der Waals surface area contributed by atoms with Gasteiger partial charge in [0.2, 0.25) is 0 Å². The molecular weight excluding hydrogens is 512 g/mol. The number of fused-ring (bicyclic) bond motifs is 3. The highest BCUT2D eigenvalue weighted by atomic mass is 79.9. The summed E-state index contributed by atoms with van der Waals surface area (Å²) in [6, 6.07) is 25.7. The molecule has 5 rings (SSSR count). The third-order valence-corrected chi connectivity index (χ3v) is 9.93. The molecule has 0 aliphatic carbocycles. The quantitative estimate of drug-likeness (QED) is 0.300. The first-order chi connectivity index (χ1) is 16.3. The molecule has 1 aliphatic rings. The molecular formula is C27H25BrN2O3S. The molecule has 34 heavy (non-hydrogen) atoms. The summed E-state index contributed by atoms with van der Waals surface area (Å²) in [6.45, 7) is 4.20. The Kier molecular flexibility index (Phi) is 5.65. The van der Waals surface area contributed by atoms with Gasteiger partial charge >= 0.3 is 0 Å². The molecule has 0 N–H and O–H groups in total. The lowest BCUT2D eigenvalue weighted by Crippen LogP contribution is -2.62. The van der Waals surface area contributed by atoms with Crippen molar-refractivity contribution >= 4 is 42.8 Å². The highest BCUT2D eigenvalue weighted by Crippen LogP contribution is 2.47. The van der Waals surface area contributed by atoms with E-state index in [4.69, 9.17) is 0 Å². The van der Waals surface area contributed by atoms with E-state index in [9.17, 15) is 13.2 Å². The zero-order valence-electron chi connectivity index (χ0n) is 19.0. The third-order valence-electron chi connectivity index (χ3n) is 6.69. The Morgan fingerprint density at radius 2 is 1.62 bits per heavy atom. The van der Waals surface area contributed by atoms with Crippen molar-refractivity contribution in [3.8, 4) is 0 Å². The standard InChI is InChI=1S/C27H25BrN2O3S/c1-3-25(28)27(21-10-5-4-6-11-21)18-29-23-12-8-7-9-20(23)17-24(29)26(31)30(27)34(32,33)22-15-13-19(2)14-16-22/h4-17,25H,3,18H2,1-2H3/t25-,27-/m0/s1. The number of carbonyl (C=O) groups excluding carboxylic acids is 1. The number of halogens is 1. The molecule has 0 saturated heterocycles. The second kappa shape index (κ2) is 8.40. The number of hydrogen-bond donors (Lipinski definition) is 0. The molecule has 0 bridgehead atoms. The summed E-state index contributed by atoms with van der Waals surface area (Å²) in [6.07, 6.45) is 0.622. The first-order valence-electron chi connectivity index (χ1n) is 11.2. The molecule has 0 spiro atoms. The highest BCUT2D eigenvalue weighted by molar-refractivity contribution is 9.09. The van der Waals surface area contributed by atoms with E-state index in [1.165, 1.54) is 0 Å². The van der Waals surface area contributed by atoms with Gasteiger partial charge in [-0.15, -0.1) is 0 Å². The van der Waals surface area contributed by atoms with Gasteiger partial charge in [-0.2, -0.15) is 0 Å². The predicted octanol–water partition coefficient (Wildman–Crippen LogP) is 5.86. The van der Waals surface area contributed by atoms with Crippen LogP contribution in [0.2, 0.25) is 0 Å². The molecule has 0 fully saturated rings. The van der Waals surface area contributed by atoms with Crippen LogP contribution in [0.4, 0.5) is 0 Å². The second-order valence-corrected chi connectivity index (χ2v) is 11.6. The molecule has 4 aromatic rings. The van der Waals surface area contributed by atoms with Crippen LogP contribution in [-0.2, 0) is 22.1 Å². The van der Waals surface area contributed by atoms with Gasteiger partial charge in [0.25, 0.3) is 15.9 Å². The van der Waals surface area contributed by atoms with Crippen molar-refractivity contribution in [3.05, 3.63) is 102 Å². The maximum absolute atomic E-state index is 14.2.